The number of nitrogens with zero attached hydrogens (tertiary/aromatic N) is 2. The summed E-state index contributed by atoms with van der Waals surface area (Å²) in [4.78, 5) is 28.8. The second kappa shape index (κ2) is 8.80. The van der Waals surface area contributed by atoms with Gasteiger partial charge in [-0.1, -0.05) is 18.2 Å². The summed E-state index contributed by atoms with van der Waals surface area (Å²) in [6.45, 7) is -0.429. The van der Waals surface area contributed by atoms with Crippen LogP contribution in [-0.4, -0.2) is 69.4 Å². The summed E-state index contributed by atoms with van der Waals surface area (Å²) in [6.07, 6.45) is -2.65. The molecule has 156 valence electrons. The third kappa shape index (κ3) is 4.07. The minimum absolute atomic E-state index is 0.0220. The maximum Gasteiger partial charge on any atom is 0.351 e. The quantitative estimate of drug-likeness (QED) is 0.473. The van der Waals surface area contributed by atoms with Gasteiger partial charge in [0.25, 0.3) is 5.91 Å². The third-order valence-electron chi connectivity index (χ3n) is 4.86. The smallest absolute Gasteiger partial charge is 0.351 e. The number of carbonyl (C=O) groups is 1. The molecule has 4 N–H and O–H groups in total. The number of ether oxygens (including phenoxy) is 2. The van der Waals surface area contributed by atoms with Crippen molar-refractivity contribution in [3.8, 4) is 0 Å². The highest BCUT2D eigenvalue weighted by Crippen LogP contribution is 2.37. The SMILES string of the molecule is COCC[C@@]1(n2ccc(NC(=O)c3ccccc3)nc2=O)O[C@H](CO)[C@@H](O)[C@H]1O. The number of methoxy groups -OCH3 is 1. The van der Waals surface area contributed by atoms with E-state index < -0.39 is 42.2 Å². The normalized spacial score (nSPS) is 26.4. The molecule has 1 aromatic carbocycles. The van der Waals surface area contributed by atoms with E-state index in [0.29, 0.717) is 5.56 Å². The van der Waals surface area contributed by atoms with Crippen LogP contribution >= 0.6 is 0 Å². The Labute approximate surface area is 166 Å². The number of rotatable bonds is 7. The molecule has 0 spiro atoms. The fourth-order valence-corrected chi connectivity index (χ4v) is 3.33. The van der Waals surface area contributed by atoms with Crippen LogP contribution in [0, 0.1) is 0 Å². The van der Waals surface area contributed by atoms with Crippen LogP contribution in [-0.2, 0) is 15.2 Å². The number of hydrogen-bond acceptors (Lipinski definition) is 8. The summed E-state index contributed by atoms with van der Waals surface area (Å²) in [6, 6.07) is 9.82. The standard InChI is InChI=1S/C19H23N3O7/c1-28-10-8-19(16(25)15(24)13(11-23)29-19)22-9-7-14(21-18(22)27)20-17(26)12-5-3-2-4-6-12/h2-7,9,13,15-16,23-25H,8,10-11H2,1H3,(H,20,21,26,27)/t13-,15-,16-,19-/m1/s1. The predicted octanol–water partition coefficient (Wildman–Crippen LogP) is -0.702. The first kappa shape index (κ1) is 21.1. The fraction of sp³-hybridized carbons (Fsp3) is 0.421. The zero-order valence-electron chi connectivity index (χ0n) is 15.8. The van der Waals surface area contributed by atoms with E-state index in [-0.39, 0.29) is 18.8 Å². The number of carbonyl (C=O) groups excluding carboxylic acids is 1. The summed E-state index contributed by atoms with van der Waals surface area (Å²) in [7, 11) is 1.44. The van der Waals surface area contributed by atoms with E-state index in [2.05, 4.69) is 10.3 Å². The maximum absolute atomic E-state index is 12.7. The highest BCUT2D eigenvalue weighted by atomic mass is 16.6. The van der Waals surface area contributed by atoms with E-state index in [9.17, 15) is 24.9 Å². The number of nitrogens with one attached hydrogen (secondary N) is 1. The lowest BCUT2D eigenvalue weighted by Crippen LogP contribution is -2.51. The summed E-state index contributed by atoms with van der Waals surface area (Å²) in [5.41, 5.74) is -2.08. The van der Waals surface area contributed by atoms with Crippen LogP contribution in [0.15, 0.2) is 47.4 Å². The molecule has 2 aromatic rings. The number of amides is 1. The van der Waals surface area contributed by atoms with Crippen molar-refractivity contribution in [3.05, 3.63) is 58.6 Å². The van der Waals surface area contributed by atoms with E-state index in [1.165, 1.54) is 19.4 Å². The van der Waals surface area contributed by atoms with Crippen molar-refractivity contribution in [2.75, 3.05) is 25.6 Å². The van der Waals surface area contributed by atoms with Crippen molar-refractivity contribution in [1.82, 2.24) is 9.55 Å². The molecule has 0 bridgehead atoms. The Morgan fingerprint density at radius 3 is 2.62 bits per heavy atom. The van der Waals surface area contributed by atoms with Crippen molar-refractivity contribution in [1.29, 1.82) is 0 Å². The molecule has 1 aromatic heterocycles. The van der Waals surface area contributed by atoms with E-state index in [0.717, 1.165) is 4.57 Å². The molecular formula is C19H23N3O7. The molecule has 29 heavy (non-hydrogen) atoms. The molecule has 0 aliphatic carbocycles. The van der Waals surface area contributed by atoms with Gasteiger partial charge in [-0.05, 0) is 18.2 Å². The van der Waals surface area contributed by atoms with Crippen LogP contribution in [0.1, 0.15) is 16.8 Å². The Bertz CT molecular complexity index is 904. The zero-order valence-corrected chi connectivity index (χ0v) is 15.8. The Hall–Kier alpha value is -2.63. The van der Waals surface area contributed by atoms with Crippen LogP contribution < -0.4 is 11.0 Å². The summed E-state index contributed by atoms with van der Waals surface area (Å²) >= 11 is 0. The second-order valence-corrected chi connectivity index (χ2v) is 6.65. The molecular weight excluding hydrogens is 382 g/mol. The van der Waals surface area contributed by atoms with Gasteiger partial charge in [0, 0.05) is 25.3 Å². The number of anilines is 1. The van der Waals surface area contributed by atoms with Crippen LogP contribution in [0.5, 0.6) is 0 Å². The van der Waals surface area contributed by atoms with Crippen molar-refractivity contribution in [2.24, 2.45) is 0 Å². The molecule has 0 unspecified atom stereocenters. The lowest BCUT2D eigenvalue weighted by atomic mass is 9.99. The van der Waals surface area contributed by atoms with Crippen LogP contribution in [0.2, 0.25) is 0 Å². The van der Waals surface area contributed by atoms with Gasteiger partial charge in [0.15, 0.2) is 5.72 Å². The van der Waals surface area contributed by atoms with Gasteiger partial charge in [0.05, 0.1) is 13.2 Å². The van der Waals surface area contributed by atoms with E-state index in [1.54, 1.807) is 30.3 Å². The Morgan fingerprint density at radius 2 is 2.03 bits per heavy atom. The third-order valence-corrected chi connectivity index (χ3v) is 4.86. The molecule has 1 aliphatic heterocycles. The van der Waals surface area contributed by atoms with Gasteiger partial charge in [-0.25, -0.2) is 4.79 Å². The highest BCUT2D eigenvalue weighted by Gasteiger charge is 2.55. The number of aromatic nitrogens is 2. The van der Waals surface area contributed by atoms with Crippen molar-refractivity contribution in [3.63, 3.8) is 0 Å². The summed E-state index contributed by atoms with van der Waals surface area (Å²) in [5, 5.41) is 32.7. The number of hydrogen-bond donors (Lipinski definition) is 4. The molecule has 0 radical (unpaired) electrons. The molecule has 1 fully saturated rings. The lowest BCUT2D eigenvalue weighted by Gasteiger charge is -2.33. The van der Waals surface area contributed by atoms with Crippen molar-refractivity contribution in [2.45, 2.75) is 30.5 Å². The number of aliphatic hydroxyl groups excluding tert-OH is 3. The zero-order chi connectivity index (χ0) is 21.0. The highest BCUT2D eigenvalue weighted by molar-refractivity contribution is 6.03. The van der Waals surface area contributed by atoms with Gasteiger partial charge >= 0.3 is 5.69 Å². The molecule has 2 heterocycles. The monoisotopic (exact) mass is 405 g/mol. The van der Waals surface area contributed by atoms with Crippen molar-refractivity contribution < 1.29 is 29.6 Å². The molecule has 1 saturated heterocycles. The molecule has 3 rings (SSSR count). The predicted molar refractivity (Wildman–Crippen MR) is 101 cm³/mol. The minimum Gasteiger partial charge on any atom is -0.394 e. The largest absolute Gasteiger partial charge is 0.394 e. The van der Waals surface area contributed by atoms with Gasteiger partial charge in [0.1, 0.15) is 24.1 Å². The first-order valence-electron chi connectivity index (χ1n) is 9.03. The molecule has 0 saturated carbocycles. The van der Waals surface area contributed by atoms with Gasteiger partial charge < -0.3 is 30.1 Å². The van der Waals surface area contributed by atoms with Gasteiger partial charge in [-0.3, -0.25) is 9.36 Å². The van der Waals surface area contributed by atoms with E-state index in [4.69, 9.17) is 9.47 Å². The second-order valence-electron chi connectivity index (χ2n) is 6.65. The molecule has 1 amide bonds. The Kier molecular flexibility index (Phi) is 6.40. The van der Waals surface area contributed by atoms with E-state index >= 15 is 0 Å². The van der Waals surface area contributed by atoms with E-state index in [1.807, 2.05) is 0 Å². The first-order chi connectivity index (χ1) is 13.9. The Morgan fingerprint density at radius 1 is 1.31 bits per heavy atom. The average Bonchev–Trinajstić information content (AvgIpc) is 2.98. The molecule has 1 aliphatic rings. The lowest BCUT2D eigenvalue weighted by molar-refractivity contribution is -0.161. The number of aliphatic hydroxyl groups is 3. The van der Waals surface area contributed by atoms with Gasteiger partial charge in [-0.2, -0.15) is 4.98 Å². The summed E-state index contributed by atoms with van der Waals surface area (Å²) in [5.74, 6) is -0.411. The minimum atomic E-state index is -1.67. The summed E-state index contributed by atoms with van der Waals surface area (Å²) < 4.78 is 11.8. The van der Waals surface area contributed by atoms with Crippen molar-refractivity contribution >= 4 is 11.7 Å². The molecule has 10 nitrogen and oxygen atoms in total. The topological polar surface area (TPSA) is 143 Å². The first-order valence-corrected chi connectivity index (χ1v) is 9.03. The van der Waals surface area contributed by atoms with Crippen LogP contribution in [0.25, 0.3) is 0 Å². The number of benzene rings is 1. The molecule has 4 atom stereocenters. The average molecular weight is 405 g/mol. The van der Waals surface area contributed by atoms with Crippen LogP contribution in [0.3, 0.4) is 0 Å². The fourth-order valence-electron chi connectivity index (χ4n) is 3.33. The maximum atomic E-state index is 12.7. The molecule has 10 heteroatoms. The van der Waals surface area contributed by atoms with Gasteiger partial charge in [0.2, 0.25) is 0 Å². The van der Waals surface area contributed by atoms with Crippen LogP contribution in [0.4, 0.5) is 5.82 Å². The van der Waals surface area contributed by atoms with Gasteiger partial charge in [-0.15, -0.1) is 0 Å². The Balaban J connectivity index is 1.90.